The van der Waals surface area contributed by atoms with Crippen molar-refractivity contribution in [3.63, 3.8) is 0 Å². The maximum Gasteiger partial charge on any atom is 0.573 e. The Morgan fingerprint density at radius 2 is 1.75 bits per heavy atom. The number of rotatable bonds is 4. The standard InChI is InChI=1S/C16H14F4N2O2/c1-22(15(23)21-13-8-6-12(17)7-9-13)10-11-4-2-3-5-14(11)24-16(18,19)20/h2-9H,10H2,1H3,(H,21,23). The fourth-order valence-electron chi connectivity index (χ4n) is 1.94. The molecule has 0 saturated carbocycles. The second kappa shape index (κ2) is 7.20. The Labute approximate surface area is 135 Å². The maximum absolute atomic E-state index is 12.8. The largest absolute Gasteiger partial charge is 0.573 e. The van der Waals surface area contributed by atoms with E-state index in [1.54, 1.807) is 6.07 Å². The molecule has 2 rings (SSSR count). The predicted molar refractivity (Wildman–Crippen MR) is 80.0 cm³/mol. The number of nitrogens with one attached hydrogen (secondary N) is 1. The number of carbonyl (C=O) groups is 1. The molecule has 0 unspecified atom stereocenters. The average Bonchev–Trinajstić information content (AvgIpc) is 2.50. The Balaban J connectivity index is 2.05. The van der Waals surface area contributed by atoms with Crippen LogP contribution in [0.3, 0.4) is 0 Å². The van der Waals surface area contributed by atoms with E-state index < -0.39 is 18.2 Å². The van der Waals surface area contributed by atoms with Gasteiger partial charge in [-0.05, 0) is 30.3 Å². The third kappa shape index (κ3) is 5.15. The molecule has 1 N–H and O–H groups in total. The molecule has 8 heteroatoms. The summed E-state index contributed by atoms with van der Waals surface area (Å²) in [5, 5.41) is 2.51. The van der Waals surface area contributed by atoms with Gasteiger partial charge in [0.1, 0.15) is 11.6 Å². The molecule has 128 valence electrons. The maximum atomic E-state index is 12.8. The van der Waals surface area contributed by atoms with Gasteiger partial charge in [-0.15, -0.1) is 13.2 Å². The lowest BCUT2D eigenvalue weighted by molar-refractivity contribution is -0.274. The quantitative estimate of drug-likeness (QED) is 0.838. The Morgan fingerprint density at radius 3 is 2.38 bits per heavy atom. The van der Waals surface area contributed by atoms with Gasteiger partial charge in [0.05, 0.1) is 6.54 Å². The molecule has 4 nitrogen and oxygen atoms in total. The number of urea groups is 1. The van der Waals surface area contributed by atoms with E-state index in [-0.39, 0.29) is 17.9 Å². The molecule has 24 heavy (non-hydrogen) atoms. The molecule has 0 heterocycles. The van der Waals surface area contributed by atoms with Crippen molar-refractivity contribution in [2.45, 2.75) is 12.9 Å². The first-order chi connectivity index (χ1) is 11.2. The first-order valence-electron chi connectivity index (χ1n) is 6.86. The van der Waals surface area contributed by atoms with Crippen molar-refractivity contribution in [2.24, 2.45) is 0 Å². The van der Waals surface area contributed by atoms with Crippen molar-refractivity contribution in [1.82, 2.24) is 4.90 Å². The molecule has 0 fully saturated rings. The number of ether oxygens (including phenoxy) is 1. The minimum atomic E-state index is -4.81. The van der Waals surface area contributed by atoms with Gasteiger partial charge in [-0.1, -0.05) is 18.2 Å². The van der Waals surface area contributed by atoms with Gasteiger partial charge in [-0.25, -0.2) is 9.18 Å². The third-order valence-corrected chi connectivity index (χ3v) is 3.05. The topological polar surface area (TPSA) is 41.6 Å². The van der Waals surface area contributed by atoms with E-state index in [0.29, 0.717) is 5.69 Å². The smallest absolute Gasteiger partial charge is 0.405 e. The van der Waals surface area contributed by atoms with Crippen LogP contribution in [0.4, 0.5) is 28.0 Å². The second-order valence-corrected chi connectivity index (χ2v) is 4.95. The van der Waals surface area contributed by atoms with Crippen LogP contribution in [0.2, 0.25) is 0 Å². The van der Waals surface area contributed by atoms with Crippen molar-refractivity contribution in [1.29, 1.82) is 0 Å². The van der Waals surface area contributed by atoms with Gasteiger partial charge < -0.3 is 15.0 Å². The molecule has 2 aromatic rings. The molecule has 0 aliphatic carbocycles. The van der Waals surface area contributed by atoms with Crippen LogP contribution in [0.5, 0.6) is 5.75 Å². The summed E-state index contributed by atoms with van der Waals surface area (Å²) in [5.41, 5.74) is 0.569. The lowest BCUT2D eigenvalue weighted by atomic mass is 10.2. The van der Waals surface area contributed by atoms with Crippen LogP contribution in [-0.2, 0) is 6.54 Å². The number of alkyl halides is 3. The summed E-state index contributed by atoms with van der Waals surface area (Å²) in [6.07, 6.45) is -4.81. The molecule has 0 atom stereocenters. The van der Waals surface area contributed by atoms with Crippen LogP contribution in [-0.4, -0.2) is 24.3 Å². The van der Waals surface area contributed by atoms with Crippen molar-refractivity contribution in [3.05, 3.63) is 59.9 Å². The van der Waals surface area contributed by atoms with Crippen molar-refractivity contribution in [2.75, 3.05) is 12.4 Å². The number of amides is 2. The van der Waals surface area contributed by atoms with Crippen LogP contribution in [0.1, 0.15) is 5.56 Å². The molecule has 0 spiro atoms. The average molecular weight is 342 g/mol. The van der Waals surface area contributed by atoms with Gasteiger partial charge in [-0.2, -0.15) is 0 Å². The molecule has 0 aliphatic heterocycles. The molecule has 0 aliphatic rings. The predicted octanol–water partition coefficient (Wildman–Crippen LogP) is 4.39. The van der Waals surface area contributed by atoms with Gasteiger partial charge in [0.15, 0.2) is 0 Å². The fourth-order valence-corrected chi connectivity index (χ4v) is 1.94. The molecule has 2 aromatic carbocycles. The summed E-state index contributed by atoms with van der Waals surface area (Å²) >= 11 is 0. The summed E-state index contributed by atoms with van der Waals surface area (Å²) in [5.74, 6) is -0.814. The first-order valence-corrected chi connectivity index (χ1v) is 6.86. The number of hydrogen-bond donors (Lipinski definition) is 1. The molecule has 2 amide bonds. The number of anilines is 1. The van der Waals surface area contributed by atoms with Crippen molar-refractivity contribution in [3.8, 4) is 5.75 Å². The van der Waals surface area contributed by atoms with E-state index in [1.165, 1.54) is 54.4 Å². The fraction of sp³-hybridized carbons (Fsp3) is 0.188. The number of nitrogens with zero attached hydrogens (tertiary/aromatic N) is 1. The van der Waals surface area contributed by atoms with E-state index in [1.807, 2.05) is 0 Å². The molecule has 0 bridgehead atoms. The van der Waals surface area contributed by atoms with Crippen LogP contribution in [0.25, 0.3) is 0 Å². The van der Waals surface area contributed by atoms with E-state index in [4.69, 9.17) is 0 Å². The lowest BCUT2D eigenvalue weighted by Gasteiger charge is -2.20. The summed E-state index contributed by atoms with van der Waals surface area (Å²) in [7, 11) is 1.42. The van der Waals surface area contributed by atoms with Crippen molar-refractivity contribution < 1.29 is 27.1 Å². The van der Waals surface area contributed by atoms with E-state index in [0.717, 1.165) is 0 Å². The van der Waals surface area contributed by atoms with E-state index >= 15 is 0 Å². The first kappa shape index (κ1) is 17.6. The summed E-state index contributed by atoms with van der Waals surface area (Å²) in [6, 6.07) is 10.1. The summed E-state index contributed by atoms with van der Waals surface area (Å²) in [4.78, 5) is 13.2. The highest BCUT2D eigenvalue weighted by atomic mass is 19.4. The van der Waals surface area contributed by atoms with E-state index in [2.05, 4.69) is 10.1 Å². The SMILES string of the molecule is CN(Cc1ccccc1OC(F)(F)F)C(=O)Nc1ccc(F)cc1. The normalized spacial score (nSPS) is 11.0. The van der Waals surface area contributed by atoms with Crippen LogP contribution < -0.4 is 10.1 Å². The highest BCUT2D eigenvalue weighted by Gasteiger charge is 2.32. The number of carbonyl (C=O) groups excluding carboxylic acids is 1. The van der Waals surface area contributed by atoms with Crippen LogP contribution in [0, 0.1) is 5.82 Å². The highest BCUT2D eigenvalue weighted by molar-refractivity contribution is 5.89. The zero-order valence-corrected chi connectivity index (χ0v) is 12.6. The minimum Gasteiger partial charge on any atom is -0.405 e. The molecule has 0 radical (unpaired) electrons. The summed E-state index contributed by atoms with van der Waals surface area (Å²) < 4.78 is 53.9. The Kier molecular flexibility index (Phi) is 5.28. The zero-order chi connectivity index (χ0) is 17.7. The van der Waals surface area contributed by atoms with Gasteiger partial charge in [0.25, 0.3) is 0 Å². The third-order valence-electron chi connectivity index (χ3n) is 3.05. The highest BCUT2D eigenvalue weighted by Crippen LogP contribution is 2.27. The molecular weight excluding hydrogens is 328 g/mol. The monoisotopic (exact) mass is 342 g/mol. The Hall–Kier alpha value is -2.77. The molecule has 0 aromatic heterocycles. The van der Waals surface area contributed by atoms with Crippen LogP contribution in [0.15, 0.2) is 48.5 Å². The second-order valence-electron chi connectivity index (χ2n) is 4.95. The number of halogens is 4. The number of benzene rings is 2. The zero-order valence-electron chi connectivity index (χ0n) is 12.6. The van der Waals surface area contributed by atoms with Gasteiger partial charge in [0.2, 0.25) is 0 Å². The van der Waals surface area contributed by atoms with Crippen molar-refractivity contribution >= 4 is 11.7 Å². The Morgan fingerprint density at radius 1 is 1.12 bits per heavy atom. The van der Waals surface area contributed by atoms with Gasteiger partial charge >= 0.3 is 12.4 Å². The molecular formula is C16H14F4N2O2. The van der Waals surface area contributed by atoms with Crippen LogP contribution >= 0.6 is 0 Å². The number of hydrogen-bond acceptors (Lipinski definition) is 2. The lowest BCUT2D eigenvalue weighted by Crippen LogP contribution is -2.31. The minimum absolute atomic E-state index is 0.0979. The van der Waals surface area contributed by atoms with Gasteiger partial charge in [0, 0.05) is 18.3 Å². The summed E-state index contributed by atoms with van der Waals surface area (Å²) in [6.45, 7) is -0.0979. The Bertz CT molecular complexity index is 702. The van der Waals surface area contributed by atoms with E-state index in [9.17, 15) is 22.4 Å². The van der Waals surface area contributed by atoms with Gasteiger partial charge in [-0.3, -0.25) is 0 Å². The number of para-hydroxylation sites is 1. The molecule has 0 saturated heterocycles.